The zero-order valence-electron chi connectivity index (χ0n) is 13.4. The highest BCUT2D eigenvalue weighted by Gasteiger charge is 2.59. The number of sulfone groups is 1. The maximum Gasteiger partial charge on any atom is 0.228 e. The van der Waals surface area contributed by atoms with Crippen molar-refractivity contribution in [1.82, 2.24) is 0 Å². The summed E-state index contributed by atoms with van der Waals surface area (Å²) in [6, 6.07) is 7.43. The molecule has 1 aromatic rings. The lowest BCUT2D eigenvalue weighted by molar-refractivity contribution is -0.118. The van der Waals surface area contributed by atoms with Crippen LogP contribution in [0, 0.1) is 11.3 Å². The molecular formula is C17H23NO4S. The summed E-state index contributed by atoms with van der Waals surface area (Å²) >= 11 is 0. The van der Waals surface area contributed by atoms with E-state index in [-0.39, 0.29) is 28.7 Å². The van der Waals surface area contributed by atoms with Gasteiger partial charge in [0.25, 0.3) is 0 Å². The van der Waals surface area contributed by atoms with Crippen LogP contribution in [0.3, 0.4) is 0 Å². The van der Waals surface area contributed by atoms with E-state index >= 15 is 0 Å². The quantitative estimate of drug-likeness (QED) is 0.896. The molecule has 1 atom stereocenters. The summed E-state index contributed by atoms with van der Waals surface area (Å²) in [5, 5.41) is 2.96. The lowest BCUT2D eigenvalue weighted by atomic mass is 9.96. The monoisotopic (exact) mass is 337 g/mol. The molecule has 1 amide bonds. The minimum absolute atomic E-state index is 0.0168. The fourth-order valence-electron chi connectivity index (χ4n) is 3.34. The van der Waals surface area contributed by atoms with Crippen molar-refractivity contribution < 1.29 is 17.9 Å². The molecule has 0 bridgehead atoms. The van der Waals surface area contributed by atoms with Crippen molar-refractivity contribution in [2.24, 2.45) is 11.3 Å². The number of ether oxygens (including phenoxy) is 1. The first-order valence-electron chi connectivity index (χ1n) is 8.19. The lowest BCUT2D eigenvalue weighted by Crippen LogP contribution is -2.28. The summed E-state index contributed by atoms with van der Waals surface area (Å²) in [6.07, 6.45) is 2.93. The molecule has 1 aliphatic heterocycles. The third-order valence-corrected chi connectivity index (χ3v) is 6.59. The van der Waals surface area contributed by atoms with Crippen LogP contribution < -0.4 is 10.1 Å². The van der Waals surface area contributed by atoms with E-state index in [9.17, 15) is 13.2 Å². The van der Waals surface area contributed by atoms with Crippen LogP contribution in [-0.2, 0) is 14.6 Å². The third kappa shape index (κ3) is 3.52. The predicted molar refractivity (Wildman–Crippen MR) is 89.3 cm³/mol. The minimum Gasteiger partial charge on any atom is -0.491 e. The van der Waals surface area contributed by atoms with Crippen LogP contribution in [0.4, 0.5) is 5.69 Å². The van der Waals surface area contributed by atoms with Gasteiger partial charge in [0, 0.05) is 5.92 Å². The number of hydrogen-bond donors (Lipinski definition) is 1. The third-order valence-electron chi connectivity index (χ3n) is 4.93. The van der Waals surface area contributed by atoms with E-state index in [4.69, 9.17) is 4.74 Å². The number of benzene rings is 1. The molecule has 6 heteroatoms. The van der Waals surface area contributed by atoms with Crippen molar-refractivity contribution in [3.05, 3.63) is 24.3 Å². The Kier molecular flexibility index (Phi) is 4.36. The number of nitrogens with one attached hydrogen (secondary N) is 1. The van der Waals surface area contributed by atoms with Gasteiger partial charge in [-0.2, -0.15) is 0 Å². The zero-order valence-corrected chi connectivity index (χ0v) is 14.2. The van der Waals surface area contributed by atoms with Crippen LogP contribution in [0.1, 0.15) is 32.6 Å². The molecule has 1 aliphatic carbocycles. The van der Waals surface area contributed by atoms with Crippen molar-refractivity contribution in [3.63, 3.8) is 0 Å². The van der Waals surface area contributed by atoms with Gasteiger partial charge >= 0.3 is 0 Å². The topological polar surface area (TPSA) is 72.5 Å². The van der Waals surface area contributed by atoms with Crippen molar-refractivity contribution >= 4 is 21.4 Å². The van der Waals surface area contributed by atoms with Gasteiger partial charge in [-0.25, -0.2) is 8.42 Å². The van der Waals surface area contributed by atoms with E-state index in [1.165, 1.54) is 0 Å². The molecule has 1 saturated carbocycles. The molecule has 1 heterocycles. The molecule has 1 spiro atoms. The molecule has 0 aromatic heterocycles. The van der Waals surface area contributed by atoms with Gasteiger partial charge in [-0.05, 0) is 43.2 Å². The molecule has 3 rings (SSSR count). The number of para-hydroxylation sites is 2. The van der Waals surface area contributed by atoms with Gasteiger partial charge in [-0.15, -0.1) is 0 Å². The van der Waals surface area contributed by atoms with E-state index in [2.05, 4.69) is 5.32 Å². The summed E-state index contributed by atoms with van der Waals surface area (Å²) in [6.45, 7) is 2.64. The van der Waals surface area contributed by atoms with E-state index in [1.807, 2.05) is 31.2 Å². The molecule has 1 saturated heterocycles. The van der Waals surface area contributed by atoms with Gasteiger partial charge in [-0.1, -0.05) is 19.1 Å². The minimum atomic E-state index is -2.89. The Balaban J connectivity index is 1.63. The molecule has 5 nitrogen and oxygen atoms in total. The van der Waals surface area contributed by atoms with E-state index in [1.54, 1.807) is 0 Å². The second kappa shape index (κ2) is 6.15. The summed E-state index contributed by atoms with van der Waals surface area (Å²) in [5.41, 5.74) is 0.602. The number of amides is 1. The largest absolute Gasteiger partial charge is 0.491 e. The Morgan fingerprint density at radius 2 is 2.00 bits per heavy atom. The molecule has 1 aromatic carbocycles. The van der Waals surface area contributed by atoms with Crippen LogP contribution >= 0.6 is 0 Å². The van der Waals surface area contributed by atoms with Gasteiger partial charge in [0.2, 0.25) is 5.91 Å². The highest BCUT2D eigenvalue weighted by atomic mass is 32.2. The predicted octanol–water partition coefficient (Wildman–Crippen LogP) is 2.63. The SMILES string of the molecule is CCCOc1ccccc1NC(=O)[C@H]1CC12CCS(=O)(=O)CC2. The van der Waals surface area contributed by atoms with Crippen LogP contribution in [0.2, 0.25) is 0 Å². The zero-order chi connectivity index (χ0) is 16.5. The highest BCUT2D eigenvalue weighted by molar-refractivity contribution is 7.91. The van der Waals surface area contributed by atoms with Crippen molar-refractivity contribution in [1.29, 1.82) is 0 Å². The van der Waals surface area contributed by atoms with Gasteiger partial charge in [0.1, 0.15) is 15.6 Å². The Labute approximate surface area is 137 Å². The Morgan fingerprint density at radius 3 is 2.70 bits per heavy atom. The Morgan fingerprint density at radius 1 is 1.30 bits per heavy atom. The summed E-state index contributed by atoms with van der Waals surface area (Å²) < 4.78 is 28.8. The first kappa shape index (κ1) is 16.3. The maximum absolute atomic E-state index is 12.5. The van der Waals surface area contributed by atoms with Crippen LogP contribution in [0.5, 0.6) is 5.75 Å². The number of rotatable bonds is 5. The van der Waals surface area contributed by atoms with Crippen LogP contribution in [0.15, 0.2) is 24.3 Å². The first-order chi connectivity index (χ1) is 11.0. The van der Waals surface area contributed by atoms with Crippen molar-refractivity contribution in [2.75, 3.05) is 23.4 Å². The second-order valence-corrected chi connectivity index (χ2v) is 8.91. The maximum atomic E-state index is 12.5. The van der Waals surface area contributed by atoms with E-state index in [0.29, 0.717) is 30.9 Å². The summed E-state index contributed by atoms with van der Waals surface area (Å²) in [7, 11) is -2.89. The Hall–Kier alpha value is -1.56. The molecule has 1 N–H and O–H groups in total. The van der Waals surface area contributed by atoms with Crippen LogP contribution in [-0.4, -0.2) is 32.4 Å². The average molecular weight is 337 g/mol. The molecule has 2 aliphatic rings. The fraction of sp³-hybridized carbons (Fsp3) is 0.588. The lowest BCUT2D eigenvalue weighted by Gasteiger charge is -2.22. The van der Waals surface area contributed by atoms with E-state index in [0.717, 1.165) is 12.8 Å². The smallest absolute Gasteiger partial charge is 0.228 e. The molecule has 0 radical (unpaired) electrons. The molecule has 126 valence electrons. The first-order valence-corrected chi connectivity index (χ1v) is 10.0. The summed E-state index contributed by atoms with van der Waals surface area (Å²) in [4.78, 5) is 12.5. The van der Waals surface area contributed by atoms with Gasteiger partial charge in [-0.3, -0.25) is 4.79 Å². The van der Waals surface area contributed by atoms with E-state index < -0.39 is 9.84 Å². The number of anilines is 1. The van der Waals surface area contributed by atoms with Gasteiger partial charge in [0.15, 0.2) is 0 Å². The number of carbonyl (C=O) groups excluding carboxylic acids is 1. The highest BCUT2D eigenvalue weighted by Crippen LogP contribution is 2.60. The average Bonchev–Trinajstić information content (AvgIpc) is 3.25. The van der Waals surface area contributed by atoms with Crippen molar-refractivity contribution in [3.8, 4) is 5.75 Å². The second-order valence-electron chi connectivity index (χ2n) is 6.60. The molecular weight excluding hydrogens is 314 g/mol. The number of carbonyl (C=O) groups is 1. The van der Waals surface area contributed by atoms with Crippen LogP contribution in [0.25, 0.3) is 0 Å². The Bertz CT molecular complexity index is 684. The standard InChI is InChI=1S/C17H23NO4S/c1-2-9-22-15-6-4-3-5-14(15)18-16(19)13-12-17(13)7-10-23(20,21)11-8-17/h3-6,13H,2,7-12H2,1H3,(H,18,19)/t13-/m1/s1. The normalized spacial score (nSPS) is 24.1. The molecule has 23 heavy (non-hydrogen) atoms. The van der Waals surface area contributed by atoms with Gasteiger partial charge in [0.05, 0.1) is 23.8 Å². The fourth-order valence-corrected chi connectivity index (χ4v) is 4.98. The molecule has 0 unspecified atom stereocenters. The van der Waals surface area contributed by atoms with Gasteiger partial charge < -0.3 is 10.1 Å². The van der Waals surface area contributed by atoms with Crippen molar-refractivity contribution in [2.45, 2.75) is 32.6 Å². The summed E-state index contributed by atoms with van der Waals surface area (Å²) in [5.74, 6) is 1.03. The molecule has 2 fully saturated rings. The number of hydrogen-bond acceptors (Lipinski definition) is 4.